The molecule has 28 heavy (non-hydrogen) atoms. The average Bonchev–Trinajstić information content (AvgIpc) is 3.14. The van der Waals surface area contributed by atoms with Gasteiger partial charge in [0, 0.05) is 25.1 Å². The molecule has 1 amide bonds. The van der Waals surface area contributed by atoms with Gasteiger partial charge in [-0.15, -0.1) is 0 Å². The zero-order valence-corrected chi connectivity index (χ0v) is 15.4. The molecule has 0 radical (unpaired) electrons. The molecule has 0 spiro atoms. The summed E-state index contributed by atoms with van der Waals surface area (Å²) in [6.07, 6.45) is 6.50. The Labute approximate surface area is 163 Å². The number of ether oxygens (including phenoxy) is 1. The summed E-state index contributed by atoms with van der Waals surface area (Å²) in [5.74, 6) is 0.277. The molecule has 142 valence electrons. The monoisotopic (exact) mass is 375 g/mol. The molecule has 3 heterocycles. The maximum atomic E-state index is 12.5. The molecular weight excluding hydrogens is 354 g/mol. The molecule has 1 aromatic carbocycles. The molecule has 0 bridgehead atoms. The smallest absolute Gasteiger partial charge is 0.321 e. The molecule has 7 heteroatoms. The van der Waals surface area contributed by atoms with Crippen molar-refractivity contribution < 1.29 is 9.53 Å². The highest BCUT2D eigenvalue weighted by atomic mass is 16.5. The van der Waals surface area contributed by atoms with Crippen molar-refractivity contribution in [3.8, 4) is 11.8 Å². The van der Waals surface area contributed by atoms with Crippen molar-refractivity contribution >= 4 is 5.91 Å². The molecule has 0 unspecified atom stereocenters. The standard InChI is InChI=1S/C21H21N5O2/c22-19(27)21(18-8-1-2-10-23-18)9-4-13-26(21)15-16-6-3-7-17(14-16)28-20-24-11-5-12-25-20/h1-3,5-8,10-12,14H,4,9,13,15H2,(H2,22,27)/t21-/m1/s1. The number of carbonyl (C=O) groups excluding carboxylic acids is 1. The van der Waals surface area contributed by atoms with E-state index in [0.29, 0.717) is 30.4 Å². The second kappa shape index (κ2) is 7.74. The molecule has 4 rings (SSSR count). The van der Waals surface area contributed by atoms with Gasteiger partial charge in [0.25, 0.3) is 0 Å². The van der Waals surface area contributed by atoms with E-state index in [1.807, 2.05) is 42.5 Å². The minimum absolute atomic E-state index is 0.292. The van der Waals surface area contributed by atoms with Crippen LogP contribution < -0.4 is 10.5 Å². The van der Waals surface area contributed by atoms with Gasteiger partial charge in [0.15, 0.2) is 0 Å². The first kappa shape index (κ1) is 18.1. The van der Waals surface area contributed by atoms with Crippen molar-refractivity contribution in [2.45, 2.75) is 24.9 Å². The van der Waals surface area contributed by atoms with E-state index in [0.717, 1.165) is 18.5 Å². The maximum absolute atomic E-state index is 12.5. The van der Waals surface area contributed by atoms with E-state index in [-0.39, 0.29) is 5.91 Å². The number of nitrogens with zero attached hydrogens (tertiary/aromatic N) is 4. The Morgan fingerprint density at radius 2 is 1.89 bits per heavy atom. The first-order valence-electron chi connectivity index (χ1n) is 9.19. The second-order valence-electron chi connectivity index (χ2n) is 6.75. The quantitative estimate of drug-likeness (QED) is 0.712. The first-order valence-corrected chi connectivity index (χ1v) is 9.19. The molecule has 1 atom stereocenters. The molecule has 1 fully saturated rings. The maximum Gasteiger partial charge on any atom is 0.321 e. The van der Waals surface area contributed by atoms with Crippen molar-refractivity contribution in [3.63, 3.8) is 0 Å². The second-order valence-corrected chi connectivity index (χ2v) is 6.75. The fourth-order valence-electron chi connectivity index (χ4n) is 3.76. The largest absolute Gasteiger partial charge is 0.424 e. The van der Waals surface area contributed by atoms with Gasteiger partial charge < -0.3 is 10.5 Å². The van der Waals surface area contributed by atoms with Gasteiger partial charge in [0.2, 0.25) is 5.91 Å². The van der Waals surface area contributed by atoms with Crippen LogP contribution in [-0.2, 0) is 16.9 Å². The number of amides is 1. The Morgan fingerprint density at radius 1 is 1.07 bits per heavy atom. The number of rotatable bonds is 6. The summed E-state index contributed by atoms with van der Waals surface area (Å²) in [6.45, 7) is 1.33. The number of hydrogen-bond acceptors (Lipinski definition) is 6. The lowest BCUT2D eigenvalue weighted by molar-refractivity contribution is -0.129. The molecule has 1 saturated heterocycles. The number of benzene rings is 1. The van der Waals surface area contributed by atoms with Gasteiger partial charge in [-0.1, -0.05) is 18.2 Å². The fourth-order valence-corrected chi connectivity index (χ4v) is 3.76. The lowest BCUT2D eigenvalue weighted by atomic mass is 9.90. The van der Waals surface area contributed by atoms with Gasteiger partial charge in [-0.05, 0) is 55.3 Å². The van der Waals surface area contributed by atoms with Gasteiger partial charge in [0.1, 0.15) is 11.3 Å². The molecule has 2 aromatic heterocycles. The predicted molar refractivity (Wildman–Crippen MR) is 103 cm³/mol. The van der Waals surface area contributed by atoms with E-state index < -0.39 is 5.54 Å². The molecule has 1 aliphatic rings. The van der Waals surface area contributed by atoms with Crippen molar-refractivity contribution in [1.82, 2.24) is 19.9 Å². The Kier molecular flexibility index (Phi) is 4.99. The lowest BCUT2D eigenvalue weighted by Crippen LogP contribution is -2.51. The van der Waals surface area contributed by atoms with Crippen LogP contribution in [0.5, 0.6) is 11.8 Å². The molecule has 7 nitrogen and oxygen atoms in total. The van der Waals surface area contributed by atoms with Crippen LogP contribution in [0.3, 0.4) is 0 Å². The lowest BCUT2D eigenvalue weighted by Gasteiger charge is -2.35. The van der Waals surface area contributed by atoms with Crippen LogP contribution in [0.25, 0.3) is 0 Å². The summed E-state index contributed by atoms with van der Waals surface area (Å²) >= 11 is 0. The zero-order chi connectivity index (χ0) is 19.4. The molecule has 2 N–H and O–H groups in total. The van der Waals surface area contributed by atoms with Crippen molar-refractivity contribution in [1.29, 1.82) is 0 Å². The summed E-state index contributed by atoms with van der Waals surface area (Å²) < 4.78 is 5.72. The third-order valence-corrected chi connectivity index (χ3v) is 5.03. The highest BCUT2D eigenvalue weighted by molar-refractivity contribution is 5.86. The summed E-state index contributed by atoms with van der Waals surface area (Å²) in [6, 6.07) is 15.3. The van der Waals surface area contributed by atoms with Crippen molar-refractivity contribution in [2.75, 3.05) is 6.54 Å². The zero-order valence-electron chi connectivity index (χ0n) is 15.4. The van der Waals surface area contributed by atoms with Crippen molar-refractivity contribution in [2.24, 2.45) is 5.73 Å². The number of likely N-dealkylation sites (tertiary alicyclic amines) is 1. The summed E-state index contributed by atoms with van der Waals surface area (Å²) in [7, 11) is 0. The Bertz CT molecular complexity index is 951. The SMILES string of the molecule is NC(=O)[C@]1(c2ccccn2)CCCN1Cc1cccc(Oc2ncccn2)c1. The van der Waals surface area contributed by atoms with Gasteiger partial charge in [-0.3, -0.25) is 14.7 Å². The topological polar surface area (TPSA) is 94.2 Å². The van der Waals surface area contributed by atoms with E-state index >= 15 is 0 Å². The molecular formula is C21H21N5O2. The minimum atomic E-state index is -0.888. The number of primary amides is 1. The first-order chi connectivity index (χ1) is 13.7. The van der Waals surface area contributed by atoms with Gasteiger partial charge in [0.05, 0.1) is 5.69 Å². The Morgan fingerprint density at radius 3 is 2.64 bits per heavy atom. The van der Waals surface area contributed by atoms with E-state index in [1.54, 1.807) is 24.7 Å². The summed E-state index contributed by atoms with van der Waals surface area (Å²) in [5, 5.41) is 0. The van der Waals surface area contributed by atoms with Gasteiger partial charge in [-0.25, -0.2) is 9.97 Å². The number of aromatic nitrogens is 3. The van der Waals surface area contributed by atoms with E-state index in [4.69, 9.17) is 10.5 Å². The molecule has 1 aliphatic heterocycles. The number of pyridine rings is 1. The van der Waals surface area contributed by atoms with Crippen LogP contribution in [0.2, 0.25) is 0 Å². The highest BCUT2D eigenvalue weighted by Gasteiger charge is 2.48. The van der Waals surface area contributed by atoms with Crippen LogP contribution in [-0.4, -0.2) is 32.3 Å². The van der Waals surface area contributed by atoms with Crippen LogP contribution in [0.1, 0.15) is 24.1 Å². The van der Waals surface area contributed by atoms with Gasteiger partial charge in [-0.2, -0.15) is 0 Å². The Balaban J connectivity index is 1.59. The fraction of sp³-hybridized carbons (Fsp3) is 0.238. The number of hydrogen-bond donors (Lipinski definition) is 1. The third kappa shape index (κ3) is 3.44. The van der Waals surface area contributed by atoms with E-state index in [2.05, 4.69) is 19.9 Å². The number of nitrogens with two attached hydrogens (primary N) is 1. The van der Waals surface area contributed by atoms with E-state index in [1.165, 1.54) is 0 Å². The van der Waals surface area contributed by atoms with Gasteiger partial charge >= 0.3 is 6.01 Å². The number of carbonyl (C=O) groups is 1. The average molecular weight is 375 g/mol. The van der Waals surface area contributed by atoms with Crippen LogP contribution >= 0.6 is 0 Å². The highest BCUT2D eigenvalue weighted by Crippen LogP contribution is 2.39. The predicted octanol–water partition coefficient (Wildman–Crippen LogP) is 2.64. The normalized spacial score (nSPS) is 19.4. The third-order valence-electron chi connectivity index (χ3n) is 5.03. The van der Waals surface area contributed by atoms with Crippen molar-refractivity contribution in [3.05, 3.63) is 78.4 Å². The summed E-state index contributed by atoms with van der Waals surface area (Å²) in [4.78, 5) is 27.2. The minimum Gasteiger partial charge on any atom is -0.424 e. The van der Waals surface area contributed by atoms with E-state index in [9.17, 15) is 4.79 Å². The summed E-state index contributed by atoms with van der Waals surface area (Å²) in [5.41, 5.74) is 6.70. The Hall–Kier alpha value is -3.32. The van der Waals surface area contributed by atoms with Crippen LogP contribution in [0.4, 0.5) is 0 Å². The van der Waals surface area contributed by atoms with Crippen LogP contribution in [0, 0.1) is 0 Å². The molecule has 3 aromatic rings. The molecule has 0 saturated carbocycles. The van der Waals surface area contributed by atoms with Crippen LogP contribution in [0.15, 0.2) is 67.1 Å². The molecule has 0 aliphatic carbocycles.